The van der Waals surface area contributed by atoms with Crippen LogP contribution in [0.25, 0.3) is 0 Å². The third kappa shape index (κ3) is 5.84. The Morgan fingerprint density at radius 1 is 1.03 bits per heavy atom. The summed E-state index contributed by atoms with van der Waals surface area (Å²) in [6, 6.07) is 13.6. The first kappa shape index (κ1) is 25.4. The Balaban J connectivity index is 1.27. The van der Waals surface area contributed by atoms with E-state index >= 15 is 0 Å². The summed E-state index contributed by atoms with van der Waals surface area (Å²) in [6.07, 6.45) is 2.74. The molecule has 5 rings (SSSR count). The number of piperidine rings is 1. The Morgan fingerprint density at radius 2 is 1.73 bits per heavy atom. The number of benzene rings is 2. The van der Waals surface area contributed by atoms with Gasteiger partial charge in [0.05, 0.1) is 6.54 Å². The van der Waals surface area contributed by atoms with E-state index in [1.54, 1.807) is 17.0 Å². The van der Waals surface area contributed by atoms with Gasteiger partial charge in [0.1, 0.15) is 18.0 Å². The fraction of sp³-hybridized carbons (Fsp3) is 0.517. The average Bonchev–Trinajstić information content (AvgIpc) is 3.12. The van der Waals surface area contributed by atoms with Crippen molar-refractivity contribution < 1.29 is 28.2 Å². The van der Waals surface area contributed by atoms with Crippen LogP contribution in [-0.2, 0) is 4.74 Å². The molecule has 0 spiro atoms. The zero-order chi connectivity index (χ0) is 26.2. The predicted octanol–water partition coefficient (Wildman–Crippen LogP) is 5.29. The van der Waals surface area contributed by atoms with Crippen molar-refractivity contribution in [2.24, 2.45) is 5.92 Å². The Labute approximate surface area is 217 Å². The summed E-state index contributed by atoms with van der Waals surface area (Å²) in [7, 11) is 0. The van der Waals surface area contributed by atoms with Gasteiger partial charge < -0.3 is 24.0 Å². The van der Waals surface area contributed by atoms with E-state index in [0.29, 0.717) is 36.8 Å². The summed E-state index contributed by atoms with van der Waals surface area (Å²) in [5.41, 5.74) is -0.230. The number of hydrogen-bond acceptors (Lipinski definition) is 5. The van der Waals surface area contributed by atoms with Crippen molar-refractivity contribution in [3.8, 4) is 11.5 Å². The highest BCUT2D eigenvalue weighted by molar-refractivity contribution is 5.95. The van der Waals surface area contributed by atoms with E-state index < -0.39 is 11.4 Å². The molecule has 2 aromatic carbocycles. The fourth-order valence-corrected chi connectivity index (χ4v) is 5.80. The second-order valence-electron chi connectivity index (χ2n) is 11.3. The maximum absolute atomic E-state index is 13.7. The maximum atomic E-state index is 13.7. The van der Waals surface area contributed by atoms with Gasteiger partial charge in [-0.2, -0.15) is 0 Å². The number of carbonyl (C=O) groups is 2. The molecule has 0 N–H and O–H groups in total. The molecule has 0 aromatic heterocycles. The maximum Gasteiger partial charge on any atom is 0.410 e. The first-order valence-electron chi connectivity index (χ1n) is 13.1. The lowest BCUT2D eigenvalue weighted by Crippen LogP contribution is -2.51. The molecule has 2 aromatic rings. The van der Waals surface area contributed by atoms with E-state index in [0.717, 1.165) is 25.7 Å². The van der Waals surface area contributed by atoms with Crippen LogP contribution in [0.3, 0.4) is 0 Å². The van der Waals surface area contributed by atoms with Crippen molar-refractivity contribution in [1.82, 2.24) is 9.80 Å². The molecule has 3 aliphatic heterocycles. The van der Waals surface area contributed by atoms with Crippen LogP contribution in [0.4, 0.5) is 9.18 Å². The second kappa shape index (κ2) is 10.2. The van der Waals surface area contributed by atoms with E-state index in [1.165, 1.54) is 12.1 Å². The minimum Gasteiger partial charge on any atom is -0.486 e. The van der Waals surface area contributed by atoms with Crippen LogP contribution < -0.4 is 9.47 Å². The van der Waals surface area contributed by atoms with Crippen LogP contribution in [0.15, 0.2) is 48.5 Å². The Kier molecular flexibility index (Phi) is 7.01. The Bertz CT molecular complexity index is 1140. The standard InChI is InChI=1S/C29H35FN2O5/c1-29(2,3)37-28(34)31(17-24-18-35-25-9-4-5-10-26(25)36-24)16-19-13-22-11-12-23(14-19)32(22)27(33)20-7-6-8-21(30)15-20/h4-10,15,19,22-24H,11-14,16-18H2,1-3H3. The SMILES string of the molecule is CC(C)(C)OC(=O)N(CC1CC2CCC(C1)N2C(=O)c1cccc(F)c1)CC1COc2ccccc2O1. The molecule has 2 bridgehead atoms. The number of rotatable bonds is 5. The first-order chi connectivity index (χ1) is 17.7. The van der Waals surface area contributed by atoms with Crippen molar-refractivity contribution >= 4 is 12.0 Å². The van der Waals surface area contributed by atoms with Gasteiger partial charge in [0, 0.05) is 24.2 Å². The number of fused-ring (bicyclic) bond motifs is 3. The van der Waals surface area contributed by atoms with Crippen molar-refractivity contribution in [3.05, 3.63) is 59.9 Å². The molecule has 8 heteroatoms. The minimum atomic E-state index is -0.619. The molecule has 2 saturated heterocycles. The number of para-hydroxylation sites is 2. The topological polar surface area (TPSA) is 68.3 Å². The molecular weight excluding hydrogens is 475 g/mol. The molecule has 7 nitrogen and oxygen atoms in total. The monoisotopic (exact) mass is 510 g/mol. The summed E-state index contributed by atoms with van der Waals surface area (Å²) >= 11 is 0. The molecule has 2 amide bonds. The lowest BCUT2D eigenvalue weighted by atomic mass is 9.89. The fourth-order valence-electron chi connectivity index (χ4n) is 5.80. The smallest absolute Gasteiger partial charge is 0.410 e. The molecular formula is C29H35FN2O5. The van der Waals surface area contributed by atoms with Crippen molar-refractivity contribution in [2.75, 3.05) is 19.7 Å². The van der Waals surface area contributed by atoms with Gasteiger partial charge in [-0.3, -0.25) is 4.79 Å². The van der Waals surface area contributed by atoms with Crippen molar-refractivity contribution in [2.45, 2.75) is 70.2 Å². The highest BCUT2D eigenvalue weighted by atomic mass is 19.1. The van der Waals surface area contributed by atoms with Crippen LogP contribution in [0.5, 0.6) is 11.5 Å². The van der Waals surface area contributed by atoms with Crippen molar-refractivity contribution in [3.63, 3.8) is 0 Å². The summed E-state index contributed by atoms with van der Waals surface area (Å²) in [5, 5.41) is 0. The number of halogens is 1. The molecule has 0 saturated carbocycles. The highest BCUT2D eigenvalue weighted by Crippen LogP contribution is 2.40. The molecule has 3 unspecified atom stereocenters. The Hall–Kier alpha value is -3.29. The number of carbonyl (C=O) groups excluding carboxylic acids is 2. The van der Waals surface area contributed by atoms with Gasteiger partial charge in [-0.25, -0.2) is 9.18 Å². The second-order valence-corrected chi connectivity index (χ2v) is 11.3. The van der Waals surface area contributed by atoms with Gasteiger partial charge in [0.25, 0.3) is 5.91 Å². The number of ether oxygens (including phenoxy) is 3. The molecule has 3 aliphatic rings. The Morgan fingerprint density at radius 3 is 2.41 bits per heavy atom. The normalized spacial score (nSPS) is 24.5. The number of hydrogen-bond donors (Lipinski definition) is 0. The van der Waals surface area contributed by atoms with Crippen molar-refractivity contribution in [1.29, 1.82) is 0 Å². The van der Waals surface area contributed by atoms with Crippen LogP contribution in [0.2, 0.25) is 0 Å². The molecule has 3 atom stereocenters. The van der Waals surface area contributed by atoms with Gasteiger partial charge in [-0.1, -0.05) is 18.2 Å². The summed E-state index contributed by atoms with van der Waals surface area (Å²) < 4.78 is 31.5. The predicted molar refractivity (Wildman–Crippen MR) is 136 cm³/mol. The van der Waals surface area contributed by atoms with Gasteiger partial charge in [0.2, 0.25) is 0 Å². The molecule has 37 heavy (non-hydrogen) atoms. The van der Waals surface area contributed by atoms with Gasteiger partial charge in [0.15, 0.2) is 17.6 Å². The molecule has 2 fully saturated rings. The largest absolute Gasteiger partial charge is 0.486 e. The number of amides is 2. The van der Waals surface area contributed by atoms with Crippen LogP contribution in [0, 0.1) is 11.7 Å². The third-order valence-electron chi connectivity index (χ3n) is 7.26. The van der Waals surface area contributed by atoms with E-state index in [1.807, 2.05) is 49.9 Å². The van der Waals surface area contributed by atoms with Crippen LogP contribution in [0.1, 0.15) is 56.8 Å². The lowest BCUT2D eigenvalue weighted by molar-refractivity contribution is -0.000735. The average molecular weight is 511 g/mol. The highest BCUT2D eigenvalue weighted by Gasteiger charge is 2.44. The zero-order valence-electron chi connectivity index (χ0n) is 21.7. The van der Waals surface area contributed by atoms with Gasteiger partial charge in [-0.15, -0.1) is 0 Å². The van der Waals surface area contributed by atoms with Gasteiger partial charge in [-0.05, 0) is 82.7 Å². The molecule has 0 aliphatic carbocycles. The molecule has 198 valence electrons. The first-order valence-corrected chi connectivity index (χ1v) is 13.1. The quantitative estimate of drug-likeness (QED) is 0.547. The number of nitrogens with zero attached hydrogens (tertiary/aromatic N) is 2. The molecule has 0 radical (unpaired) electrons. The van der Waals surface area contributed by atoms with E-state index in [4.69, 9.17) is 14.2 Å². The summed E-state index contributed by atoms with van der Waals surface area (Å²) in [4.78, 5) is 30.1. The van der Waals surface area contributed by atoms with E-state index in [2.05, 4.69) is 0 Å². The summed E-state index contributed by atoms with van der Waals surface area (Å²) in [6.45, 7) is 6.79. The molecule has 3 heterocycles. The van der Waals surface area contributed by atoms with Crippen LogP contribution >= 0.6 is 0 Å². The minimum absolute atomic E-state index is 0.0844. The zero-order valence-corrected chi connectivity index (χ0v) is 21.7. The van der Waals surface area contributed by atoms with Gasteiger partial charge >= 0.3 is 6.09 Å². The third-order valence-corrected chi connectivity index (χ3v) is 7.26. The van der Waals surface area contributed by atoms with E-state index in [9.17, 15) is 14.0 Å². The van der Waals surface area contributed by atoms with Crippen LogP contribution in [-0.4, -0.2) is 65.3 Å². The summed E-state index contributed by atoms with van der Waals surface area (Å²) in [5.74, 6) is 1.08. The lowest BCUT2D eigenvalue weighted by Gasteiger charge is -2.41. The van der Waals surface area contributed by atoms with E-state index in [-0.39, 0.29) is 36.1 Å².